The summed E-state index contributed by atoms with van der Waals surface area (Å²) in [5.74, 6) is 1.13. The summed E-state index contributed by atoms with van der Waals surface area (Å²) in [4.78, 5) is 29.3. The number of amides is 1. The molecule has 4 rings (SSSR count). The summed E-state index contributed by atoms with van der Waals surface area (Å²) in [7, 11) is 1.61. The monoisotopic (exact) mass is 408 g/mol. The Labute approximate surface area is 172 Å². The summed E-state index contributed by atoms with van der Waals surface area (Å²) in [5.41, 5.74) is 1.72. The van der Waals surface area contributed by atoms with Crippen molar-refractivity contribution < 1.29 is 14.3 Å². The summed E-state index contributed by atoms with van der Waals surface area (Å²) in [6.07, 6.45) is 0.601. The van der Waals surface area contributed by atoms with Crippen molar-refractivity contribution in [3.05, 3.63) is 58.9 Å². The van der Waals surface area contributed by atoms with Gasteiger partial charge in [-0.1, -0.05) is 24.3 Å². The zero-order valence-electron chi connectivity index (χ0n) is 15.8. The summed E-state index contributed by atoms with van der Waals surface area (Å²) in [5, 5.41) is 6.94. The highest BCUT2D eigenvalue weighted by atomic mass is 32.1. The van der Waals surface area contributed by atoms with Gasteiger partial charge >= 0.3 is 0 Å². The maximum atomic E-state index is 12.8. The number of methoxy groups -OCH3 is 1. The molecule has 3 aromatic rings. The zero-order valence-corrected chi connectivity index (χ0v) is 16.7. The molecule has 0 spiro atoms. The van der Waals surface area contributed by atoms with E-state index >= 15 is 0 Å². The molecule has 0 saturated carbocycles. The lowest BCUT2D eigenvalue weighted by Gasteiger charge is -2.10. The number of anilines is 1. The lowest BCUT2D eigenvalue weighted by atomic mass is 10.1. The van der Waals surface area contributed by atoms with Crippen molar-refractivity contribution in [3.8, 4) is 5.75 Å². The van der Waals surface area contributed by atoms with E-state index in [1.807, 2.05) is 48.5 Å². The molecule has 1 atom stereocenters. The van der Waals surface area contributed by atoms with Crippen LogP contribution in [0.25, 0.3) is 10.9 Å². The van der Waals surface area contributed by atoms with Crippen molar-refractivity contribution in [1.82, 2.24) is 14.9 Å². The summed E-state index contributed by atoms with van der Waals surface area (Å²) >= 11 is 5.29. The van der Waals surface area contributed by atoms with Crippen molar-refractivity contribution in [3.63, 3.8) is 0 Å². The van der Waals surface area contributed by atoms with E-state index in [1.165, 1.54) is 4.57 Å². The number of ether oxygens (including phenoxy) is 1. The standard InChI is InChI=1S/C21H20N4O3S/c1-28-14-8-6-13(7-9-14)12-22-18(26)11-10-17-20(27)25-19(23-17)15-4-2-3-5-16(15)24-21(25)29/h2-9,17,23H,10-12H2,1H3,(H,22,26)/t17-/m0/s1. The number of nitrogens with zero attached hydrogens (tertiary/aromatic N) is 2. The minimum Gasteiger partial charge on any atom is -0.497 e. The summed E-state index contributed by atoms with van der Waals surface area (Å²) in [6.45, 7) is 0.425. The van der Waals surface area contributed by atoms with Crippen LogP contribution in [0, 0.1) is 4.77 Å². The number of benzene rings is 2. The van der Waals surface area contributed by atoms with Gasteiger partial charge in [0, 0.05) is 18.4 Å². The van der Waals surface area contributed by atoms with Gasteiger partial charge in [0.1, 0.15) is 17.6 Å². The van der Waals surface area contributed by atoms with E-state index in [0.29, 0.717) is 18.8 Å². The molecule has 0 saturated heterocycles. The number of carbonyl (C=O) groups is 2. The van der Waals surface area contributed by atoms with Crippen molar-refractivity contribution in [2.45, 2.75) is 25.4 Å². The average Bonchev–Trinajstić information content (AvgIpc) is 3.08. The van der Waals surface area contributed by atoms with Crippen molar-refractivity contribution >= 4 is 40.8 Å². The number of carbonyl (C=O) groups excluding carboxylic acids is 2. The summed E-state index contributed by atoms with van der Waals surface area (Å²) in [6, 6.07) is 14.5. The van der Waals surface area contributed by atoms with Crippen molar-refractivity contribution in [2.75, 3.05) is 12.4 Å². The Hall–Kier alpha value is -3.26. The van der Waals surface area contributed by atoms with E-state index in [0.717, 1.165) is 22.2 Å². The lowest BCUT2D eigenvalue weighted by molar-refractivity contribution is -0.121. The van der Waals surface area contributed by atoms with E-state index in [9.17, 15) is 9.59 Å². The van der Waals surface area contributed by atoms with Crippen LogP contribution in [0.2, 0.25) is 0 Å². The molecular formula is C21H20N4O3S. The van der Waals surface area contributed by atoms with Crippen molar-refractivity contribution in [2.24, 2.45) is 0 Å². The molecule has 8 heteroatoms. The van der Waals surface area contributed by atoms with Gasteiger partial charge in [0.05, 0.1) is 12.6 Å². The fraction of sp³-hybridized carbons (Fsp3) is 0.238. The van der Waals surface area contributed by atoms with E-state index in [-0.39, 0.29) is 23.0 Å². The number of hydrogen-bond donors (Lipinski definition) is 2. The fourth-order valence-corrected chi connectivity index (χ4v) is 3.65. The largest absolute Gasteiger partial charge is 0.497 e. The smallest absolute Gasteiger partial charge is 0.257 e. The Kier molecular flexibility index (Phi) is 5.26. The Morgan fingerprint density at radius 1 is 1.24 bits per heavy atom. The third-order valence-electron chi connectivity index (χ3n) is 4.93. The molecule has 0 bridgehead atoms. The normalized spacial score (nSPS) is 15.1. The molecule has 2 heterocycles. The Morgan fingerprint density at radius 2 is 2.00 bits per heavy atom. The van der Waals surface area contributed by atoms with Crippen LogP contribution in [-0.4, -0.2) is 34.5 Å². The van der Waals surface area contributed by atoms with Gasteiger partial charge in [-0.3, -0.25) is 9.59 Å². The van der Waals surface area contributed by atoms with Gasteiger partial charge in [0.25, 0.3) is 5.91 Å². The molecule has 0 fully saturated rings. The highest BCUT2D eigenvalue weighted by molar-refractivity contribution is 7.71. The predicted octanol–water partition coefficient (Wildman–Crippen LogP) is 3.31. The van der Waals surface area contributed by atoms with Crippen LogP contribution in [0.3, 0.4) is 0 Å². The topological polar surface area (TPSA) is 85.2 Å². The molecule has 0 unspecified atom stereocenters. The van der Waals surface area contributed by atoms with Gasteiger partial charge in [-0.2, -0.15) is 0 Å². The first-order valence-corrected chi connectivity index (χ1v) is 9.70. The highest BCUT2D eigenvalue weighted by Gasteiger charge is 2.31. The first kappa shape index (κ1) is 19.1. The van der Waals surface area contributed by atoms with E-state index < -0.39 is 6.04 Å². The van der Waals surface area contributed by atoms with Gasteiger partial charge in [-0.25, -0.2) is 9.55 Å². The molecule has 148 valence electrons. The van der Waals surface area contributed by atoms with Gasteiger partial charge in [0.15, 0.2) is 0 Å². The zero-order chi connectivity index (χ0) is 20.4. The molecular weight excluding hydrogens is 388 g/mol. The summed E-state index contributed by atoms with van der Waals surface area (Å²) < 4.78 is 6.77. The van der Waals surface area contributed by atoms with Crippen LogP contribution in [-0.2, 0) is 11.3 Å². The predicted molar refractivity (Wildman–Crippen MR) is 113 cm³/mol. The van der Waals surface area contributed by atoms with Gasteiger partial charge in [0.2, 0.25) is 10.7 Å². The van der Waals surface area contributed by atoms with Gasteiger partial charge in [-0.05, 0) is 48.5 Å². The SMILES string of the molecule is COc1ccc(CNC(=O)CC[C@@H]2Nc3c4ccccc4nc(=S)n3C2=O)cc1. The Morgan fingerprint density at radius 3 is 2.76 bits per heavy atom. The van der Waals surface area contributed by atoms with Crippen LogP contribution in [0.5, 0.6) is 5.75 Å². The molecule has 2 N–H and O–H groups in total. The number of nitrogens with one attached hydrogen (secondary N) is 2. The molecule has 2 aromatic carbocycles. The molecule has 0 radical (unpaired) electrons. The van der Waals surface area contributed by atoms with Crippen molar-refractivity contribution in [1.29, 1.82) is 0 Å². The highest BCUT2D eigenvalue weighted by Crippen LogP contribution is 2.29. The third-order valence-corrected chi connectivity index (χ3v) is 5.20. The molecule has 1 aliphatic rings. The van der Waals surface area contributed by atoms with Crippen LogP contribution < -0.4 is 15.4 Å². The fourth-order valence-electron chi connectivity index (χ4n) is 3.37. The first-order chi connectivity index (χ1) is 14.1. The van der Waals surface area contributed by atoms with Crippen LogP contribution in [0.4, 0.5) is 5.82 Å². The van der Waals surface area contributed by atoms with Crippen LogP contribution >= 0.6 is 12.2 Å². The number of fused-ring (bicyclic) bond motifs is 3. The molecule has 1 aromatic heterocycles. The van der Waals surface area contributed by atoms with E-state index in [1.54, 1.807) is 7.11 Å². The first-order valence-electron chi connectivity index (χ1n) is 9.29. The van der Waals surface area contributed by atoms with Crippen LogP contribution in [0.1, 0.15) is 23.2 Å². The quantitative estimate of drug-likeness (QED) is 0.609. The Bertz CT molecular complexity index is 1140. The Balaban J connectivity index is 1.38. The number of aromatic nitrogens is 2. The molecule has 1 aliphatic heterocycles. The number of hydrogen-bond acceptors (Lipinski definition) is 6. The minimum absolute atomic E-state index is 0.113. The van der Waals surface area contributed by atoms with Gasteiger partial charge in [-0.15, -0.1) is 0 Å². The molecule has 7 nitrogen and oxygen atoms in total. The third kappa shape index (κ3) is 3.84. The number of para-hydroxylation sites is 1. The van der Waals surface area contributed by atoms with Crippen LogP contribution in [0.15, 0.2) is 48.5 Å². The molecule has 0 aliphatic carbocycles. The second kappa shape index (κ2) is 8.00. The second-order valence-corrected chi connectivity index (χ2v) is 7.16. The average molecular weight is 408 g/mol. The second-order valence-electron chi connectivity index (χ2n) is 6.79. The van der Waals surface area contributed by atoms with Gasteiger partial charge < -0.3 is 15.4 Å². The lowest BCUT2D eigenvalue weighted by Crippen LogP contribution is -2.29. The molecule has 29 heavy (non-hydrogen) atoms. The maximum Gasteiger partial charge on any atom is 0.257 e. The van der Waals surface area contributed by atoms with E-state index in [4.69, 9.17) is 17.0 Å². The minimum atomic E-state index is -0.504. The maximum absolute atomic E-state index is 12.8. The molecule has 1 amide bonds. The van der Waals surface area contributed by atoms with E-state index in [2.05, 4.69) is 15.6 Å². The number of rotatable bonds is 6.